The zero-order chi connectivity index (χ0) is 12.7. The first-order chi connectivity index (χ1) is 8.13. The van der Waals surface area contributed by atoms with Gasteiger partial charge in [0.1, 0.15) is 0 Å². The van der Waals surface area contributed by atoms with Crippen LogP contribution in [0.4, 0.5) is 0 Å². The predicted molar refractivity (Wildman–Crippen MR) is 73.3 cm³/mol. The van der Waals surface area contributed by atoms with Crippen molar-refractivity contribution in [1.29, 1.82) is 0 Å². The normalized spacial score (nSPS) is 10.8. The highest BCUT2D eigenvalue weighted by Gasteiger charge is 1.98. The molecule has 0 aromatic heterocycles. The van der Waals surface area contributed by atoms with Crippen molar-refractivity contribution in [2.45, 2.75) is 19.2 Å². The summed E-state index contributed by atoms with van der Waals surface area (Å²) >= 11 is 11.7. The fourth-order valence-corrected chi connectivity index (χ4v) is 1.83. The molecule has 0 spiro atoms. The van der Waals surface area contributed by atoms with Gasteiger partial charge in [-0.2, -0.15) is 0 Å². The minimum atomic E-state index is -0.00526. The van der Waals surface area contributed by atoms with Crippen LogP contribution in [0.25, 0.3) is 6.08 Å². The van der Waals surface area contributed by atoms with Crippen molar-refractivity contribution in [3.63, 3.8) is 0 Å². The maximum absolute atomic E-state index is 10.6. The zero-order valence-electron chi connectivity index (χ0n) is 9.67. The number of carbonyl (C=O) groups is 1. The van der Waals surface area contributed by atoms with Crippen LogP contribution in [-0.4, -0.2) is 12.5 Å². The molecule has 1 rings (SSSR count). The molecule has 17 heavy (non-hydrogen) atoms. The molecule has 4 heteroatoms. The summed E-state index contributed by atoms with van der Waals surface area (Å²) in [6.07, 6.45) is 4.81. The molecule has 0 radical (unpaired) electrons. The van der Waals surface area contributed by atoms with Crippen molar-refractivity contribution in [1.82, 2.24) is 5.32 Å². The van der Waals surface area contributed by atoms with Crippen molar-refractivity contribution in [3.8, 4) is 0 Å². The third-order valence-electron chi connectivity index (χ3n) is 2.21. The Labute approximate surface area is 112 Å². The zero-order valence-corrected chi connectivity index (χ0v) is 11.2. The van der Waals surface area contributed by atoms with Gasteiger partial charge in [0.05, 0.1) is 0 Å². The Kier molecular flexibility index (Phi) is 6.09. The van der Waals surface area contributed by atoms with E-state index in [2.05, 4.69) is 5.32 Å². The number of hydrogen-bond acceptors (Lipinski definition) is 1. The van der Waals surface area contributed by atoms with Crippen LogP contribution in [0.5, 0.6) is 0 Å². The topological polar surface area (TPSA) is 29.1 Å². The molecule has 0 fully saturated rings. The van der Waals surface area contributed by atoms with E-state index in [1.807, 2.05) is 30.4 Å². The highest BCUT2D eigenvalue weighted by molar-refractivity contribution is 6.32. The van der Waals surface area contributed by atoms with Crippen LogP contribution in [0.15, 0.2) is 24.3 Å². The van der Waals surface area contributed by atoms with Gasteiger partial charge in [0, 0.05) is 24.4 Å². The van der Waals surface area contributed by atoms with E-state index in [4.69, 9.17) is 23.2 Å². The van der Waals surface area contributed by atoms with Crippen LogP contribution in [0, 0.1) is 0 Å². The second-order valence-electron chi connectivity index (χ2n) is 3.66. The van der Waals surface area contributed by atoms with Gasteiger partial charge in [0.25, 0.3) is 0 Å². The number of alkyl halides is 1. The second-order valence-corrected chi connectivity index (χ2v) is 4.33. The van der Waals surface area contributed by atoms with Gasteiger partial charge >= 0.3 is 0 Å². The summed E-state index contributed by atoms with van der Waals surface area (Å²) in [5.41, 5.74) is 1.99. The lowest BCUT2D eigenvalue weighted by Gasteiger charge is -2.01. The van der Waals surface area contributed by atoms with Gasteiger partial charge in [-0.05, 0) is 29.7 Å². The number of nitrogens with one attached hydrogen (secondary N) is 1. The monoisotopic (exact) mass is 271 g/mol. The SMILES string of the molecule is CC(=O)NCCC=Cc1ccc(Cl)c(CCl)c1. The Balaban J connectivity index is 2.50. The van der Waals surface area contributed by atoms with Crippen LogP contribution < -0.4 is 5.32 Å². The molecule has 0 saturated heterocycles. The first-order valence-corrected chi connectivity index (χ1v) is 6.30. The fraction of sp³-hybridized carbons (Fsp3) is 0.308. The molecule has 0 heterocycles. The van der Waals surface area contributed by atoms with E-state index in [9.17, 15) is 4.79 Å². The molecular formula is C13H15Cl2NO. The largest absolute Gasteiger partial charge is 0.356 e. The van der Waals surface area contributed by atoms with E-state index in [1.54, 1.807) is 0 Å². The summed E-state index contributed by atoms with van der Waals surface area (Å²) in [6.45, 7) is 2.16. The molecule has 0 aliphatic heterocycles. The molecular weight excluding hydrogens is 257 g/mol. The third-order valence-corrected chi connectivity index (χ3v) is 2.87. The van der Waals surface area contributed by atoms with E-state index >= 15 is 0 Å². The van der Waals surface area contributed by atoms with Gasteiger partial charge in [-0.15, -0.1) is 11.6 Å². The van der Waals surface area contributed by atoms with E-state index < -0.39 is 0 Å². The maximum Gasteiger partial charge on any atom is 0.216 e. The van der Waals surface area contributed by atoms with Gasteiger partial charge in [-0.1, -0.05) is 29.8 Å². The minimum Gasteiger partial charge on any atom is -0.356 e. The molecule has 1 aromatic rings. The van der Waals surface area contributed by atoms with E-state index in [0.717, 1.165) is 17.5 Å². The summed E-state index contributed by atoms with van der Waals surface area (Å²) in [7, 11) is 0. The van der Waals surface area contributed by atoms with Crippen molar-refractivity contribution >= 4 is 35.2 Å². The molecule has 1 aromatic carbocycles. The molecule has 0 saturated carbocycles. The fourth-order valence-electron chi connectivity index (χ4n) is 1.35. The molecule has 2 nitrogen and oxygen atoms in total. The number of carbonyl (C=O) groups excluding carboxylic acids is 1. The summed E-state index contributed by atoms with van der Waals surface area (Å²) < 4.78 is 0. The number of benzene rings is 1. The van der Waals surface area contributed by atoms with Crippen molar-refractivity contribution < 1.29 is 4.79 Å². The Morgan fingerprint density at radius 2 is 2.24 bits per heavy atom. The van der Waals surface area contributed by atoms with Gasteiger partial charge in [0.2, 0.25) is 5.91 Å². The van der Waals surface area contributed by atoms with Crippen molar-refractivity contribution in [2.75, 3.05) is 6.54 Å². The lowest BCUT2D eigenvalue weighted by atomic mass is 10.1. The van der Waals surface area contributed by atoms with Crippen molar-refractivity contribution in [2.24, 2.45) is 0 Å². The number of rotatable bonds is 5. The van der Waals surface area contributed by atoms with Crippen LogP contribution in [-0.2, 0) is 10.7 Å². The number of amides is 1. The highest BCUT2D eigenvalue weighted by Crippen LogP contribution is 2.20. The van der Waals surface area contributed by atoms with E-state index in [1.165, 1.54) is 6.92 Å². The quantitative estimate of drug-likeness (QED) is 0.643. The molecule has 0 atom stereocenters. The molecule has 0 unspecified atom stereocenters. The number of halogens is 2. The van der Waals surface area contributed by atoms with Crippen LogP contribution in [0.2, 0.25) is 5.02 Å². The van der Waals surface area contributed by atoms with Crippen molar-refractivity contribution in [3.05, 3.63) is 40.4 Å². The lowest BCUT2D eigenvalue weighted by Crippen LogP contribution is -2.20. The smallest absolute Gasteiger partial charge is 0.216 e. The van der Waals surface area contributed by atoms with E-state index in [0.29, 0.717) is 17.4 Å². The van der Waals surface area contributed by atoms with Gasteiger partial charge in [-0.3, -0.25) is 4.79 Å². The second kappa shape index (κ2) is 7.36. The van der Waals surface area contributed by atoms with Crippen LogP contribution in [0.3, 0.4) is 0 Å². The Bertz CT molecular complexity index is 416. The maximum atomic E-state index is 10.6. The number of hydrogen-bond donors (Lipinski definition) is 1. The van der Waals surface area contributed by atoms with Gasteiger partial charge < -0.3 is 5.32 Å². The summed E-state index contributed by atoms with van der Waals surface area (Å²) in [6, 6.07) is 5.74. The first kappa shape index (κ1) is 14.1. The standard InChI is InChI=1S/C13H15Cl2NO/c1-10(17)16-7-3-2-4-11-5-6-13(15)12(8-11)9-14/h2,4-6,8H,3,7,9H2,1H3,(H,16,17). The molecule has 0 aliphatic carbocycles. The summed E-state index contributed by atoms with van der Waals surface area (Å²) in [4.78, 5) is 10.6. The predicted octanol–water partition coefficient (Wildman–Crippen LogP) is 3.62. The average Bonchev–Trinajstić information content (AvgIpc) is 2.30. The lowest BCUT2D eigenvalue weighted by molar-refractivity contribution is -0.118. The third kappa shape index (κ3) is 5.24. The molecule has 1 N–H and O–H groups in total. The first-order valence-electron chi connectivity index (χ1n) is 5.39. The van der Waals surface area contributed by atoms with E-state index in [-0.39, 0.29) is 5.91 Å². The molecule has 0 aliphatic rings. The minimum absolute atomic E-state index is 0.00526. The Morgan fingerprint density at radius 1 is 1.47 bits per heavy atom. The Morgan fingerprint density at radius 3 is 2.88 bits per heavy atom. The highest BCUT2D eigenvalue weighted by atomic mass is 35.5. The van der Waals surface area contributed by atoms with Crippen LogP contribution >= 0.6 is 23.2 Å². The molecule has 1 amide bonds. The molecule has 0 bridgehead atoms. The Hall–Kier alpha value is -0.990. The van der Waals surface area contributed by atoms with Gasteiger partial charge in [-0.25, -0.2) is 0 Å². The average molecular weight is 272 g/mol. The summed E-state index contributed by atoms with van der Waals surface area (Å²) in [5, 5.41) is 3.42. The molecule has 92 valence electrons. The summed E-state index contributed by atoms with van der Waals surface area (Å²) in [5.74, 6) is 0.404. The van der Waals surface area contributed by atoms with Gasteiger partial charge in [0.15, 0.2) is 0 Å². The van der Waals surface area contributed by atoms with Crippen LogP contribution in [0.1, 0.15) is 24.5 Å².